The molecule has 0 atom stereocenters. The quantitative estimate of drug-likeness (QED) is 0.787. The Morgan fingerprint density at radius 3 is 2.79 bits per heavy atom. The van der Waals surface area contributed by atoms with E-state index in [1.807, 2.05) is 31.2 Å². The van der Waals surface area contributed by atoms with Gasteiger partial charge in [0.25, 0.3) is 0 Å². The predicted molar refractivity (Wildman–Crippen MR) is 73.3 cm³/mol. The van der Waals surface area contributed by atoms with Gasteiger partial charge in [0.05, 0.1) is 5.52 Å². The molecule has 0 radical (unpaired) electrons. The van der Waals surface area contributed by atoms with Crippen LogP contribution in [-0.2, 0) is 0 Å². The van der Waals surface area contributed by atoms with Crippen LogP contribution in [0.3, 0.4) is 0 Å². The molecule has 2 aromatic rings. The lowest BCUT2D eigenvalue weighted by molar-refractivity contribution is 0.163. The number of aryl methyl sites for hydroxylation is 1. The van der Waals surface area contributed by atoms with Crippen LogP contribution in [0, 0.1) is 6.92 Å². The first-order valence-electron chi connectivity index (χ1n) is 6.56. The van der Waals surface area contributed by atoms with Crippen molar-refractivity contribution in [2.75, 3.05) is 13.1 Å². The minimum Gasteiger partial charge on any atom is -0.410 e. The van der Waals surface area contributed by atoms with E-state index >= 15 is 0 Å². The molecule has 2 heterocycles. The molecular formula is C15H16N2O2. The third kappa shape index (κ3) is 2.52. The number of likely N-dealkylation sites (tertiary alicyclic amines) is 1. The van der Waals surface area contributed by atoms with Gasteiger partial charge in [0.1, 0.15) is 5.75 Å². The van der Waals surface area contributed by atoms with Crippen LogP contribution in [0.5, 0.6) is 5.75 Å². The molecule has 0 unspecified atom stereocenters. The smallest absolute Gasteiger partial charge is 0.410 e. The normalized spacial score (nSPS) is 14.9. The zero-order valence-corrected chi connectivity index (χ0v) is 10.9. The highest BCUT2D eigenvalue weighted by molar-refractivity contribution is 5.81. The number of carbonyl (C=O) groups is 1. The number of hydrogen-bond donors (Lipinski definition) is 0. The molecule has 1 amide bonds. The Bertz CT molecular complexity index is 619. The van der Waals surface area contributed by atoms with Gasteiger partial charge in [-0.05, 0) is 44.0 Å². The molecule has 1 fully saturated rings. The maximum absolute atomic E-state index is 11.9. The molecule has 1 aliphatic heterocycles. The topological polar surface area (TPSA) is 42.4 Å². The molecule has 4 heteroatoms. The first kappa shape index (κ1) is 12.0. The van der Waals surface area contributed by atoms with Crippen molar-refractivity contribution in [3.63, 3.8) is 0 Å². The molecule has 0 spiro atoms. The minimum absolute atomic E-state index is 0.253. The van der Waals surface area contributed by atoms with Crippen LogP contribution in [0.15, 0.2) is 30.3 Å². The summed E-state index contributed by atoms with van der Waals surface area (Å²) in [6.45, 7) is 3.56. The Morgan fingerprint density at radius 1 is 1.21 bits per heavy atom. The van der Waals surface area contributed by atoms with Gasteiger partial charge >= 0.3 is 6.09 Å². The van der Waals surface area contributed by atoms with Crippen LogP contribution in [-0.4, -0.2) is 29.1 Å². The van der Waals surface area contributed by atoms with Gasteiger partial charge in [-0.1, -0.05) is 6.07 Å². The second-order valence-electron chi connectivity index (χ2n) is 4.87. The minimum atomic E-state index is -0.253. The molecule has 0 saturated carbocycles. The first-order chi connectivity index (χ1) is 9.22. The van der Waals surface area contributed by atoms with Gasteiger partial charge < -0.3 is 9.64 Å². The number of benzene rings is 1. The number of rotatable bonds is 1. The number of nitrogens with zero attached hydrogens (tertiary/aromatic N) is 2. The largest absolute Gasteiger partial charge is 0.415 e. The predicted octanol–water partition coefficient (Wildman–Crippen LogP) is 3.14. The van der Waals surface area contributed by atoms with Crippen LogP contribution in [0.1, 0.15) is 18.5 Å². The second-order valence-corrected chi connectivity index (χ2v) is 4.87. The molecule has 0 bridgehead atoms. The molecular weight excluding hydrogens is 240 g/mol. The Morgan fingerprint density at radius 2 is 2.00 bits per heavy atom. The molecule has 1 aliphatic rings. The third-order valence-corrected chi connectivity index (χ3v) is 3.37. The van der Waals surface area contributed by atoms with Gasteiger partial charge in [-0.2, -0.15) is 0 Å². The number of ether oxygens (including phenoxy) is 1. The molecule has 1 saturated heterocycles. The number of pyridine rings is 1. The number of fused-ring (bicyclic) bond motifs is 1. The van der Waals surface area contributed by atoms with Crippen molar-refractivity contribution in [2.24, 2.45) is 0 Å². The average Bonchev–Trinajstić information content (AvgIpc) is 2.93. The molecule has 0 aliphatic carbocycles. The van der Waals surface area contributed by atoms with Crippen molar-refractivity contribution in [2.45, 2.75) is 19.8 Å². The summed E-state index contributed by atoms with van der Waals surface area (Å²) in [6.07, 6.45) is 1.88. The van der Waals surface area contributed by atoms with Gasteiger partial charge in [-0.3, -0.25) is 4.98 Å². The molecule has 0 N–H and O–H groups in total. The molecule has 3 rings (SSSR count). The lowest BCUT2D eigenvalue weighted by atomic mass is 10.2. The maximum atomic E-state index is 11.9. The van der Waals surface area contributed by atoms with E-state index in [1.165, 1.54) is 0 Å². The highest BCUT2D eigenvalue weighted by atomic mass is 16.6. The second kappa shape index (κ2) is 4.88. The zero-order valence-electron chi connectivity index (χ0n) is 10.9. The van der Waals surface area contributed by atoms with E-state index in [1.54, 1.807) is 11.0 Å². The van der Waals surface area contributed by atoms with E-state index in [-0.39, 0.29) is 6.09 Å². The van der Waals surface area contributed by atoms with E-state index in [0.717, 1.165) is 42.5 Å². The summed E-state index contributed by atoms with van der Waals surface area (Å²) < 4.78 is 5.40. The van der Waals surface area contributed by atoms with Gasteiger partial charge in [0.15, 0.2) is 0 Å². The van der Waals surface area contributed by atoms with Gasteiger partial charge in [0, 0.05) is 24.2 Å². The van der Waals surface area contributed by atoms with Crippen LogP contribution in [0.25, 0.3) is 10.9 Å². The fraction of sp³-hybridized carbons (Fsp3) is 0.333. The van der Waals surface area contributed by atoms with Crippen molar-refractivity contribution < 1.29 is 9.53 Å². The van der Waals surface area contributed by atoms with E-state index < -0.39 is 0 Å². The molecule has 1 aromatic heterocycles. The van der Waals surface area contributed by atoms with Crippen LogP contribution in [0.2, 0.25) is 0 Å². The number of amides is 1. The van der Waals surface area contributed by atoms with E-state index in [4.69, 9.17) is 4.74 Å². The van der Waals surface area contributed by atoms with Crippen molar-refractivity contribution in [3.8, 4) is 5.75 Å². The SMILES string of the molecule is Cc1ccc2cc(OC(=O)N3CCCC3)ccc2n1. The summed E-state index contributed by atoms with van der Waals surface area (Å²) in [5.41, 5.74) is 1.90. The van der Waals surface area contributed by atoms with Crippen molar-refractivity contribution >= 4 is 17.0 Å². The first-order valence-corrected chi connectivity index (χ1v) is 6.56. The average molecular weight is 256 g/mol. The zero-order chi connectivity index (χ0) is 13.2. The van der Waals surface area contributed by atoms with E-state index in [2.05, 4.69) is 4.98 Å². The summed E-state index contributed by atoms with van der Waals surface area (Å²) in [5, 5.41) is 0.984. The van der Waals surface area contributed by atoms with E-state index in [9.17, 15) is 4.79 Å². The highest BCUT2D eigenvalue weighted by Gasteiger charge is 2.19. The third-order valence-electron chi connectivity index (χ3n) is 3.37. The fourth-order valence-corrected chi connectivity index (χ4v) is 2.33. The summed E-state index contributed by atoms with van der Waals surface area (Å²) in [5.74, 6) is 0.579. The van der Waals surface area contributed by atoms with Gasteiger partial charge in [-0.15, -0.1) is 0 Å². The fourth-order valence-electron chi connectivity index (χ4n) is 2.33. The van der Waals surface area contributed by atoms with Gasteiger partial charge in [-0.25, -0.2) is 4.79 Å². The Labute approximate surface area is 112 Å². The van der Waals surface area contributed by atoms with Crippen LogP contribution >= 0.6 is 0 Å². The van der Waals surface area contributed by atoms with Gasteiger partial charge in [0.2, 0.25) is 0 Å². The summed E-state index contributed by atoms with van der Waals surface area (Å²) in [6, 6.07) is 9.48. The maximum Gasteiger partial charge on any atom is 0.415 e. The molecule has 98 valence electrons. The molecule has 4 nitrogen and oxygen atoms in total. The summed E-state index contributed by atoms with van der Waals surface area (Å²) >= 11 is 0. The number of hydrogen-bond acceptors (Lipinski definition) is 3. The van der Waals surface area contributed by atoms with Crippen molar-refractivity contribution in [1.29, 1.82) is 0 Å². The summed E-state index contributed by atoms with van der Waals surface area (Å²) in [7, 11) is 0. The molecule has 19 heavy (non-hydrogen) atoms. The van der Waals surface area contributed by atoms with Crippen molar-refractivity contribution in [3.05, 3.63) is 36.0 Å². The lowest BCUT2D eigenvalue weighted by Gasteiger charge is -2.14. The Kier molecular flexibility index (Phi) is 3.07. The lowest BCUT2D eigenvalue weighted by Crippen LogP contribution is -2.30. The Hall–Kier alpha value is -2.10. The molecule has 1 aromatic carbocycles. The van der Waals surface area contributed by atoms with Crippen molar-refractivity contribution in [1.82, 2.24) is 9.88 Å². The summed E-state index contributed by atoms with van der Waals surface area (Å²) in [4.78, 5) is 18.1. The number of carbonyl (C=O) groups excluding carboxylic acids is 1. The highest BCUT2D eigenvalue weighted by Crippen LogP contribution is 2.21. The van der Waals surface area contributed by atoms with Crippen LogP contribution in [0.4, 0.5) is 4.79 Å². The van der Waals surface area contributed by atoms with Crippen LogP contribution < -0.4 is 4.74 Å². The number of aromatic nitrogens is 1. The standard InChI is InChI=1S/C15H16N2O2/c1-11-4-5-12-10-13(6-7-14(12)16-11)19-15(18)17-8-2-3-9-17/h4-7,10H,2-3,8-9H2,1H3. The Balaban J connectivity index is 1.81. The van der Waals surface area contributed by atoms with E-state index in [0.29, 0.717) is 5.75 Å². The monoisotopic (exact) mass is 256 g/mol.